The summed E-state index contributed by atoms with van der Waals surface area (Å²) in [6.07, 6.45) is 9.06. The molecule has 2 fully saturated rings. The summed E-state index contributed by atoms with van der Waals surface area (Å²) in [5.74, 6) is 0.0805. The topological polar surface area (TPSA) is 59.5 Å². The number of thiazole rings is 1. The molecule has 1 heterocycles. The first-order valence-corrected chi connectivity index (χ1v) is 9.40. The lowest BCUT2D eigenvalue weighted by Gasteiger charge is -2.38. The molecule has 0 N–H and O–H groups in total. The maximum absolute atomic E-state index is 12.8. The Balaban J connectivity index is 1.73. The standard InChI is InChI=1S/C17H24N2O3S/c1-22-17(21)14-11-23-15(18-14)10-19(13-8-3-2-4-9-13)16(20)12-6-5-7-12/h11-13H,2-10H2,1H3. The number of hydrogen-bond acceptors (Lipinski definition) is 5. The smallest absolute Gasteiger partial charge is 0.357 e. The van der Waals surface area contributed by atoms with Crippen molar-refractivity contribution < 1.29 is 14.3 Å². The molecule has 0 atom stereocenters. The zero-order valence-electron chi connectivity index (χ0n) is 13.6. The Bertz CT molecular complexity index is 562. The van der Waals surface area contributed by atoms with Gasteiger partial charge in [0.05, 0.1) is 13.7 Å². The van der Waals surface area contributed by atoms with Crippen molar-refractivity contribution in [1.29, 1.82) is 0 Å². The third-order valence-corrected chi connectivity index (χ3v) is 5.84. The summed E-state index contributed by atoms with van der Waals surface area (Å²) in [5, 5.41) is 2.54. The Morgan fingerprint density at radius 2 is 1.96 bits per heavy atom. The summed E-state index contributed by atoms with van der Waals surface area (Å²) in [4.78, 5) is 30.8. The molecule has 1 amide bonds. The van der Waals surface area contributed by atoms with Gasteiger partial charge in [-0.3, -0.25) is 4.79 Å². The van der Waals surface area contributed by atoms with Crippen LogP contribution in [0, 0.1) is 5.92 Å². The van der Waals surface area contributed by atoms with Gasteiger partial charge in [-0.05, 0) is 25.7 Å². The largest absolute Gasteiger partial charge is 0.464 e. The number of hydrogen-bond donors (Lipinski definition) is 0. The highest BCUT2D eigenvalue weighted by Crippen LogP contribution is 2.32. The van der Waals surface area contributed by atoms with Crippen molar-refractivity contribution in [1.82, 2.24) is 9.88 Å². The summed E-state index contributed by atoms with van der Waals surface area (Å²) in [5.41, 5.74) is 0.340. The highest BCUT2D eigenvalue weighted by molar-refractivity contribution is 7.09. The lowest BCUT2D eigenvalue weighted by Crippen LogP contribution is -2.45. The highest BCUT2D eigenvalue weighted by atomic mass is 32.1. The van der Waals surface area contributed by atoms with Gasteiger partial charge in [0.25, 0.3) is 0 Å². The van der Waals surface area contributed by atoms with Crippen LogP contribution < -0.4 is 0 Å². The number of nitrogens with zero attached hydrogens (tertiary/aromatic N) is 2. The van der Waals surface area contributed by atoms with Crippen LogP contribution in [0.15, 0.2) is 5.38 Å². The second-order valence-corrected chi connectivity index (χ2v) is 7.45. The molecular weight excluding hydrogens is 312 g/mol. The van der Waals surface area contributed by atoms with Gasteiger partial charge in [-0.1, -0.05) is 25.7 Å². The molecule has 1 aromatic rings. The molecule has 2 aliphatic rings. The highest BCUT2D eigenvalue weighted by Gasteiger charge is 2.34. The minimum atomic E-state index is -0.415. The normalized spacial score (nSPS) is 19.2. The Hall–Kier alpha value is -1.43. The van der Waals surface area contributed by atoms with E-state index in [1.807, 2.05) is 4.90 Å². The van der Waals surface area contributed by atoms with E-state index in [1.54, 1.807) is 5.38 Å². The van der Waals surface area contributed by atoms with E-state index in [9.17, 15) is 9.59 Å². The molecular formula is C17H24N2O3S. The van der Waals surface area contributed by atoms with E-state index in [0.29, 0.717) is 18.3 Å². The number of carbonyl (C=O) groups is 2. The third kappa shape index (κ3) is 3.74. The molecule has 0 saturated heterocycles. The van der Waals surface area contributed by atoms with E-state index in [2.05, 4.69) is 4.98 Å². The molecule has 0 aliphatic heterocycles. The summed E-state index contributed by atoms with van der Waals surface area (Å²) in [6.45, 7) is 0.529. The summed E-state index contributed by atoms with van der Waals surface area (Å²) < 4.78 is 4.71. The van der Waals surface area contributed by atoms with Crippen LogP contribution in [0.1, 0.15) is 66.9 Å². The van der Waals surface area contributed by atoms with Crippen LogP contribution in [0.25, 0.3) is 0 Å². The molecule has 3 rings (SSSR count). The van der Waals surface area contributed by atoms with Gasteiger partial charge in [-0.25, -0.2) is 9.78 Å². The maximum Gasteiger partial charge on any atom is 0.357 e. The van der Waals surface area contributed by atoms with Gasteiger partial charge in [-0.2, -0.15) is 0 Å². The second kappa shape index (κ2) is 7.43. The van der Waals surface area contributed by atoms with Crippen molar-refractivity contribution in [2.75, 3.05) is 7.11 Å². The number of methoxy groups -OCH3 is 1. The first kappa shape index (κ1) is 16.4. The molecule has 23 heavy (non-hydrogen) atoms. The number of aromatic nitrogens is 1. The van der Waals surface area contributed by atoms with Gasteiger partial charge in [-0.15, -0.1) is 11.3 Å². The van der Waals surface area contributed by atoms with Gasteiger partial charge in [0.15, 0.2) is 5.69 Å². The molecule has 0 bridgehead atoms. The Kier molecular flexibility index (Phi) is 5.30. The lowest BCUT2D eigenvalue weighted by molar-refractivity contribution is -0.142. The fourth-order valence-electron chi connectivity index (χ4n) is 3.40. The van der Waals surface area contributed by atoms with E-state index >= 15 is 0 Å². The van der Waals surface area contributed by atoms with E-state index in [-0.39, 0.29) is 11.8 Å². The van der Waals surface area contributed by atoms with Crippen molar-refractivity contribution in [2.45, 2.75) is 64.0 Å². The quantitative estimate of drug-likeness (QED) is 0.773. The number of esters is 1. The van der Waals surface area contributed by atoms with Gasteiger partial charge in [0.1, 0.15) is 5.01 Å². The monoisotopic (exact) mass is 336 g/mol. The molecule has 1 aromatic heterocycles. The Morgan fingerprint density at radius 3 is 2.57 bits per heavy atom. The molecule has 5 nitrogen and oxygen atoms in total. The van der Waals surface area contributed by atoms with E-state index in [4.69, 9.17) is 4.74 Å². The average Bonchev–Trinajstić information content (AvgIpc) is 2.99. The van der Waals surface area contributed by atoms with Gasteiger partial charge in [0, 0.05) is 17.3 Å². The van der Waals surface area contributed by atoms with Crippen molar-refractivity contribution in [3.63, 3.8) is 0 Å². The minimum Gasteiger partial charge on any atom is -0.464 e. The third-order valence-electron chi connectivity index (χ3n) is 5.00. The van der Waals surface area contributed by atoms with Crippen LogP contribution in [0.5, 0.6) is 0 Å². The molecule has 0 aromatic carbocycles. The van der Waals surface area contributed by atoms with Crippen LogP contribution >= 0.6 is 11.3 Å². The maximum atomic E-state index is 12.8. The molecule has 0 radical (unpaired) electrons. The minimum absolute atomic E-state index is 0.206. The number of carbonyl (C=O) groups excluding carboxylic acids is 2. The Labute approximate surface area is 141 Å². The summed E-state index contributed by atoms with van der Waals surface area (Å²) >= 11 is 1.43. The van der Waals surface area contributed by atoms with Crippen LogP contribution in [0.3, 0.4) is 0 Å². The number of ether oxygens (including phenoxy) is 1. The first-order valence-electron chi connectivity index (χ1n) is 8.52. The second-order valence-electron chi connectivity index (χ2n) is 6.50. The fraction of sp³-hybridized carbons (Fsp3) is 0.706. The lowest BCUT2D eigenvalue weighted by atomic mass is 9.83. The van der Waals surface area contributed by atoms with Gasteiger partial charge < -0.3 is 9.64 Å². The average molecular weight is 336 g/mol. The zero-order chi connectivity index (χ0) is 16.2. The van der Waals surface area contributed by atoms with Crippen LogP contribution in [-0.4, -0.2) is 34.9 Å². The molecule has 0 unspecified atom stereocenters. The fourth-order valence-corrected chi connectivity index (χ4v) is 4.16. The van der Waals surface area contributed by atoms with Gasteiger partial charge >= 0.3 is 5.97 Å². The van der Waals surface area contributed by atoms with E-state index in [0.717, 1.165) is 30.7 Å². The van der Waals surface area contributed by atoms with Crippen LogP contribution in [-0.2, 0) is 16.1 Å². The zero-order valence-corrected chi connectivity index (χ0v) is 14.4. The summed E-state index contributed by atoms with van der Waals surface area (Å²) in [6, 6.07) is 0.335. The van der Waals surface area contributed by atoms with Gasteiger partial charge in [0.2, 0.25) is 5.91 Å². The molecule has 2 saturated carbocycles. The Morgan fingerprint density at radius 1 is 1.22 bits per heavy atom. The van der Waals surface area contributed by atoms with Crippen molar-refractivity contribution >= 4 is 23.2 Å². The van der Waals surface area contributed by atoms with Crippen LogP contribution in [0.2, 0.25) is 0 Å². The number of amides is 1. The number of rotatable bonds is 5. The molecule has 126 valence electrons. The van der Waals surface area contributed by atoms with Crippen molar-refractivity contribution in [3.05, 3.63) is 16.1 Å². The summed E-state index contributed by atoms with van der Waals surface area (Å²) in [7, 11) is 1.36. The first-order chi connectivity index (χ1) is 11.2. The van der Waals surface area contributed by atoms with E-state index in [1.165, 1.54) is 44.1 Å². The molecule has 6 heteroatoms. The molecule has 2 aliphatic carbocycles. The van der Waals surface area contributed by atoms with Crippen LogP contribution in [0.4, 0.5) is 0 Å². The predicted molar refractivity (Wildman–Crippen MR) is 88.2 cm³/mol. The SMILES string of the molecule is COC(=O)c1csc(CN(C(=O)C2CCC2)C2CCCCC2)n1. The van der Waals surface area contributed by atoms with E-state index < -0.39 is 5.97 Å². The predicted octanol–water partition coefficient (Wildman–Crippen LogP) is 3.39. The van der Waals surface area contributed by atoms with Crippen molar-refractivity contribution in [3.8, 4) is 0 Å². The van der Waals surface area contributed by atoms with Crippen molar-refractivity contribution in [2.24, 2.45) is 5.92 Å². The molecule has 0 spiro atoms.